The molecule has 1 aromatic carbocycles. The summed E-state index contributed by atoms with van der Waals surface area (Å²) in [5.41, 5.74) is 0. The van der Waals surface area contributed by atoms with Gasteiger partial charge >= 0.3 is 0 Å². The molecule has 1 unspecified atom stereocenters. The van der Waals surface area contributed by atoms with Gasteiger partial charge in [-0.25, -0.2) is 4.39 Å². The Morgan fingerprint density at radius 2 is 2.31 bits per heavy atom. The van der Waals surface area contributed by atoms with Crippen molar-refractivity contribution in [2.45, 2.75) is 11.8 Å². The van der Waals surface area contributed by atoms with Crippen molar-refractivity contribution in [3.8, 4) is 0 Å². The van der Waals surface area contributed by atoms with Gasteiger partial charge in [-0.3, -0.25) is 0 Å². The van der Waals surface area contributed by atoms with Crippen molar-refractivity contribution in [2.24, 2.45) is 5.92 Å². The standard InChI is InChI=1S/C10H13FS2/c1-8(6-12)7-13-10-4-2-3-9(11)5-10/h2-5,8,12H,6-7H2,1H3. The third-order valence-corrected chi connectivity index (χ3v) is 3.59. The zero-order valence-corrected chi connectivity index (χ0v) is 9.25. The van der Waals surface area contributed by atoms with Crippen molar-refractivity contribution in [1.82, 2.24) is 0 Å². The number of thioether (sulfide) groups is 1. The first-order valence-electron chi connectivity index (χ1n) is 4.21. The van der Waals surface area contributed by atoms with Gasteiger partial charge in [-0.15, -0.1) is 11.8 Å². The van der Waals surface area contributed by atoms with Crippen LogP contribution in [0.4, 0.5) is 4.39 Å². The van der Waals surface area contributed by atoms with E-state index in [1.165, 1.54) is 6.07 Å². The molecule has 0 aliphatic rings. The van der Waals surface area contributed by atoms with Crippen molar-refractivity contribution < 1.29 is 4.39 Å². The Kier molecular flexibility index (Phi) is 4.67. The second-order valence-electron chi connectivity index (χ2n) is 3.06. The zero-order chi connectivity index (χ0) is 9.68. The fourth-order valence-corrected chi connectivity index (χ4v) is 2.12. The molecule has 1 atom stereocenters. The van der Waals surface area contributed by atoms with Gasteiger partial charge in [-0.1, -0.05) is 13.0 Å². The van der Waals surface area contributed by atoms with E-state index in [0.717, 1.165) is 16.4 Å². The largest absolute Gasteiger partial charge is 0.207 e. The molecule has 0 saturated heterocycles. The van der Waals surface area contributed by atoms with Gasteiger partial charge in [0.05, 0.1) is 0 Å². The maximum absolute atomic E-state index is 12.7. The summed E-state index contributed by atoms with van der Waals surface area (Å²) in [5.74, 6) is 2.27. The number of hydrogen-bond acceptors (Lipinski definition) is 2. The van der Waals surface area contributed by atoms with E-state index in [1.807, 2.05) is 6.07 Å². The van der Waals surface area contributed by atoms with Crippen LogP contribution in [0.2, 0.25) is 0 Å². The van der Waals surface area contributed by atoms with Crippen LogP contribution in [0.5, 0.6) is 0 Å². The van der Waals surface area contributed by atoms with Crippen LogP contribution in [-0.4, -0.2) is 11.5 Å². The summed E-state index contributed by atoms with van der Waals surface area (Å²) < 4.78 is 12.7. The van der Waals surface area contributed by atoms with Gasteiger partial charge in [0.2, 0.25) is 0 Å². The molecular weight excluding hydrogens is 203 g/mol. The van der Waals surface area contributed by atoms with E-state index in [-0.39, 0.29) is 5.82 Å². The first-order valence-corrected chi connectivity index (χ1v) is 5.83. The minimum absolute atomic E-state index is 0.163. The van der Waals surface area contributed by atoms with E-state index in [1.54, 1.807) is 23.9 Å². The van der Waals surface area contributed by atoms with Gasteiger partial charge in [0.15, 0.2) is 0 Å². The number of hydrogen-bond donors (Lipinski definition) is 1. The molecule has 0 aliphatic carbocycles. The Morgan fingerprint density at radius 3 is 2.92 bits per heavy atom. The highest BCUT2D eigenvalue weighted by atomic mass is 32.2. The van der Waals surface area contributed by atoms with Crippen LogP contribution in [0, 0.1) is 11.7 Å². The Bertz CT molecular complexity index is 263. The summed E-state index contributed by atoms with van der Waals surface area (Å²) in [6.07, 6.45) is 0. The van der Waals surface area contributed by atoms with Crippen molar-refractivity contribution in [3.05, 3.63) is 30.1 Å². The zero-order valence-electron chi connectivity index (χ0n) is 7.53. The van der Waals surface area contributed by atoms with Crippen LogP contribution in [0.1, 0.15) is 6.92 Å². The molecule has 0 aromatic heterocycles. The molecule has 1 aromatic rings. The van der Waals surface area contributed by atoms with Crippen LogP contribution >= 0.6 is 24.4 Å². The SMILES string of the molecule is CC(CS)CSc1cccc(F)c1. The Hall–Kier alpha value is -0.150. The molecule has 72 valence electrons. The minimum atomic E-state index is -0.163. The molecule has 0 aliphatic heterocycles. The normalized spacial score (nSPS) is 12.8. The Balaban J connectivity index is 2.45. The summed E-state index contributed by atoms with van der Waals surface area (Å²) in [6, 6.07) is 6.70. The lowest BCUT2D eigenvalue weighted by Crippen LogP contribution is -1.98. The topological polar surface area (TPSA) is 0 Å². The first-order chi connectivity index (χ1) is 6.22. The lowest BCUT2D eigenvalue weighted by atomic mass is 10.3. The summed E-state index contributed by atoms with van der Waals surface area (Å²) in [7, 11) is 0. The van der Waals surface area contributed by atoms with Crippen molar-refractivity contribution >= 4 is 24.4 Å². The van der Waals surface area contributed by atoms with Crippen molar-refractivity contribution in [1.29, 1.82) is 0 Å². The van der Waals surface area contributed by atoms with Gasteiger partial charge in [0.1, 0.15) is 5.82 Å². The smallest absolute Gasteiger partial charge is 0.124 e. The molecule has 0 radical (unpaired) electrons. The Labute approximate surface area is 88.3 Å². The van der Waals surface area contributed by atoms with Gasteiger partial charge in [0, 0.05) is 10.6 Å². The molecule has 0 N–H and O–H groups in total. The molecular formula is C10H13FS2. The molecule has 0 saturated carbocycles. The van der Waals surface area contributed by atoms with Crippen LogP contribution in [-0.2, 0) is 0 Å². The van der Waals surface area contributed by atoms with Crippen molar-refractivity contribution in [3.63, 3.8) is 0 Å². The molecule has 0 heterocycles. The summed E-state index contributed by atoms with van der Waals surface area (Å²) in [6.45, 7) is 2.14. The van der Waals surface area contributed by atoms with E-state index in [2.05, 4.69) is 19.6 Å². The van der Waals surface area contributed by atoms with Crippen LogP contribution in [0.3, 0.4) is 0 Å². The summed E-state index contributed by atoms with van der Waals surface area (Å²) in [5, 5.41) is 0. The van der Waals surface area contributed by atoms with Crippen LogP contribution in [0.25, 0.3) is 0 Å². The highest BCUT2D eigenvalue weighted by Crippen LogP contribution is 2.21. The average molecular weight is 216 g/mol. The highest BCUT2D eigenvalue weighted by molar-refractivity contribution is 7.99. The second-order valence-corrected chi connectivity index (χ2v) is 4.51. The maximum atomic E-state index is 12.7. The summed E-state index contributed by atoms with van der Waals surface area (Å²) in [4.78, 5) is 0.994. The molecule has 0 bridgehead atoms. The number of halogens is 1. The van der Waals surface area contributed by atoms with Crippen molar-refractivity contribution in [2.75, 3.05) is 11.5 Å². The Morgan fingerprint density at radius 1 is 1.54 bits per heavy atom. The van der Waals surface area contributed by atoms with Crippen LogP contribution in [0.15, 0.2) is 29.2 Å². The van der Waals surface area contributed by atoms with Gasteiger partial charge in [-0.05, 0) is 29.9 Å². The second kappa shape index (κ2) is 5.55. The first kappa shape index (κ1) is 10.9. The third kappa shape index (κ3) is 4.05. The minimum Gasteiger partial charge on any atom is -0.207 e. The lowest BCUT2D eigenvalue weighted by Gasteiger charge is -2.06. The molecule has 3 heteroatoms. The number of thiol groups is 1. The molecule has 13 heavy (non-hydrogen) atoms. The van der Waals surface area contributed by atoms with E-state index < -0.39 is 0 Å². The van der Waals surface area contributed by atoms with E-state index in [4.69, 9.17) is 0 Å². The molecule has 0 amide bonds. The average Bonchev–Trinajstić information content (AvgIpc) is 2.14. The fourth-order valence-electron chi connectivity index (χ4n) is 0.848. The molecule has 1 rings (SSSR count). The third-order valence-electron chi connectivity index (χ3n) is 1.64. The predicted molar refractivity (Wildman–Crippen MR) is 60.1 cm³/mol. The molecule has 0 nitrogen and oxygen atoms in total. The van der Waals surface area contributed by atoms with E-state index >= 15 is 0 Å². The van der Waals surface area contributed by atoms with Crippen LogP contribution < -0.4 is 0 Å². The van der Waals surface area contributed by atoms with Gasteiger partial charge < -0.3 is 0 Å². The monoisotopic (exact) mass is 216 g/mol. The lowest BCUT2D eigenvalue weighted by molar-refractivity contribution is 0.624. The maximum Gasteiger partial charge on any atom is 0.124 e. The predicted octanol–water partition coefficient (Wildman–Crippen LogP) is 3.48. The highest BCUT2D eigenvalue weighted by Gasteiger charge is 2.01. The summed E-state index contributed by atoms with van der Waals surface area (Å²) >= 11 is 5.87. The van der Waals surface area contributed by atoms with Gasteiger partial charge in [-0.2, -0.15) is 12.6 Å². The molecule has 0 fully saturated rings. The van der Waals surface area contributed by atoms with E-state index in [0.29, 0.717) is 5.92 Å². The van der Waals surface area contributed by atoms with E-state index in [9.17, 15) is 4.39 Å². The van der Waals surface area contributed by atoms with Gasteiger partial charge in [0.25, 0.3) is 0 Å². The number of benzene rings is 1. The molecule has 0 spiro atoms. The fraction of sp³-hybridized carbons (Fsp3) is 0.400. The quantitative estimate of drug-likeness (QED) is 0.594. The number of rotatable bonds is 4.